The maximum absolute atomic E-state index is 14.2. The van der Waals surface area contributed by atoms with Crippen molar-refractivity contribution in [2.45, 2.75) is 32.5 Å². The van der Waals surface area contributed by atoms with Gasteiger partial charge in [-0.15, -0.1) is 0 Å². The summed E-state index contributed by atoms with van der Waals surface area (Å²) in [5.74, 6) is -2.01. The van der Waals surface area contributed by atoms with Crippen molar-refractivity contribution in [3.8, 4) is 0 Å². The van der Waals surface area contributed by atoms with E-state index in [4.69, 9.17) is 0 Å². The molecule has 3 rings (SSSR count). The molecule has 0 aromatic carbocycles. The Kier molecular flexibility index (Phi) is 5.22. The van der Waals surface area contributed by atoms with Crippen LogP contribution in [0.2, 0.25) is 0 Å². The summed E-state index contributed by atoms with van der Waals surface area (Å²) >= 11 is 0. The van der Waals surface area contributed by atoms with Crippen LogP contribution in [-0.2, 0) is 13.2 Å². The van der Waals surface area contributed by atoms with E-state index in [9.17, 15) is 22.4 Å². The van der Waals surface area contributed by atoms with E-state index in [1.54, 1.807) is 20.8 Å². The van der Waals surface area contributed by atoms with E-state index in [-0.39, 0.29) is 22.7 Å². The van der Waals surface area contributed by atoms with Crippen molar-refractivity contribution in [1.29, 1.82) is 0 Å². The van der Waals surface area contributed by atoms with Gasteiger partial charge in [0.05, 0.1) is 34.4 Å². The number of nitrogens with one attached hydrogen (secondary N) is 3. The molecule has 13 heteroatoms. The number of carbonyl (C=O) groups is 1. The van der Waals surface area contributed by atoms with Gasteiger partial charge in [-0.2, -0.15) is 23.4 Å². The number of alkyl halides is 3. The van der Waals surface area contributed by atoms with E-state index in [1.807, 2.05) is 0 Å². The number of rotatable bonds is 2. The molecule has 0 atom stereocenters. The number of H-pyrrole nitrogens is 1. The van der Waals surface area contributed by atoms with Gasteiger partial charge in [0.15, 0.2) is 17.3 Å². The third-order valence-corrected chi connectivity index (χ3v) is 3.68. The summed E-state index contributed by atoms with van der Waals surface area (Å²) in [5.41, 5.74) is -2.47. The minimum atomic E-state index is -4.82. The standard InChI is InChI=1S/C17H18F4N8O/c1-16(2,3)25-15(23-13-11-9(18)5-22-6-10(11)26-27-13)24-14(30)8-7-29(4)28-12(8)17(19,20)21/h5-7H,1-4H3,(H3,23,24,25,26,27,30). The number of halogens is 4. The number of aryl methyl sites for hydroxylation is 1. The number of fused-ring (bicyclic) bond motifs is 1. The van der Waals surface area contributed by atoms with Gasteiger partial charge >= 0.3 is 6.18 Å². The largest absolute Gasteiger partial charge is 0.435 e. The van der Waals surface area contributed by atoms with Crippen molar-refractivity contribution in [3.63, 3.8) is 0 Å². The van der Waals surface area contributed by atoms with Gasteiger partial charge in [-0.1, -0.05) is 0 Å². The SMILES string of the molecule is Cn1cc(C(=O)NC(=NC(C)(C)C)Nc2n[nH]c3cncc(F)c23)c(C(F)(F)F)n1. The highest BCUT2D eigenvalue weighted by Gasteiger charge is 2.39. The molecule has 0 aliphatic heterocycles. The lowest BCUT2D eigenvalue weighted by atomic mass is 10.1. The Labute approximate surface area is 167 Å². The fraction of sp³-hybridized carbons (Fsp3) is 0.353. The number of pyridine rings is 1. The van der Waals surface area contributed by atoms with Crippen LogP contribution >= 0.6 is 0 Å². The van der Waals surface area contributed by atoms with E-state index in [2.05, 4.69) is 35.9 Å². The Balaban J connectivity index is 1.96. The van der Waals surface area contributed by atoms with Crippen molar-refractivity contribution in [3.05, 3.63) is 35.7 Å². The number of hydrogen-bond donors (Lipinski definition) is 3. The molecular formula is C17H18F4N8O. The van der Waals surface area contributed by atoms with Crippen molar-refractivity contribution in [1.82, 2.24) is 30.3 Å². The topological polar surface area (TPSA) is 113 Å². The van der Waals surface area contributed by atoms with Crippen LogP contribution in [0.5, 0.6) is 0 Å². The van der Waals surface area contributed by atoms with Crippen molar-refractivity contribution < 1.29 is 22.4 Å². The zero-order valence-electron chi connectivity index (χ0n) is 16.4. The number of amides is 1. The molecule has 0 unspecified atom stereocenters. The fourth-order valence-electron chi connectivity index (χ4n) is 2.60. The second kappa shape index (κ2) is 7.39. The van der Waals surface area contributed by atoms with Crippen LogP contribution in [0.1, 0.15) is 36.8 Å². The van der Waals surface area contributed by atoms with Crippen LogP contribution in [0.25, 0.3) is 10.9 Å². The lowest BCUT2D eigenvalue weighted by molar-refractivity contribution is -0.141. The Morgan fingerprint density at radius 1 is 1.23 bits per heavy atom. The Bertz CT molecular complexity index is 1120. The van der Waals surface area contributed by atoms with E-state index < -0.39 is 34.7 Å². The lowest BCUT2D eigenvalue weighted by Crippen LogP contribution is -2.38. The lowest BCUT2D eigenvalue weighted by Gasteiger charge is -2.17. The first-order valence-electron chi connectivity index (χ1n) is 8.62. The van der Waals surface area contributed by atoms with Gasteiger partial charge in [0.1, 0.15) is 0 Å². The van der Waals surface area contributed by atoms with Crippen LogP contribution in [0.15, 0.2) is 23.6 Å². The van der Waals surface area contributed by atoms with Crippen LogP contribution in [-0.4, -0.2) is 42.4 Å². The van der Waals surface area contributed by atoms with Crippen molar-refractivity contribution in [2.75, 3.05) is 5.32 Å². The van der Waals surface area contributed by atoms with Gasteiger partial charge in [0.2, 0.25) is 5.96 Å². The molecule has 0 saturated heterocycles. The molecule has 3 heterocycles. The second-order valence-electron chi connectivity index (χ2n) is 7.39. The maximum Gasteiger partial charge on any atom is 0.435 e. The maximum atomic E-state index is 14.2. The molecule has 0 fully saturated rings. The molecular weight excluding hydrogens is 408 g/mol. The molecule has 0 aliphatic rings. The molecule has 1 amide bonds. The predicted molar refractivity (Wildman–Crippen MR) is 100 cm³/mol. The molecule has 30 heavy (non-hydrogen) atoms. The number of aromatic nitrogens is 5. The molecule has 3 aromatic rings. The summed E-state index contributed by atoms with van der Waals surface area (Å²) in [6.07, 6.45) is -1.55. The van der Waals surface area contributed by atoms with Crippen LogP contribution in [0.4, 0.5) is 23.4 Å². The van der Waals surface area contributed by atoms with E-state index in [1.165, 1.54) is 13.2 Å². The first-order valence-corrected chi connectivity index (χ1v) is 8.62. The first-order chi connectivity index (χ1) is 13.8. The Hall–Kier alpha value is -3.51. The van der Waals surface area contributed by atoms with Gasteiger partial charge in [-0.25, -0.2) is 9.38 Å². The first kappa shape index (κ1) is 21.2. The molecule has 3 aromatic heterocycles. The third kappa shape index (κ3) is 4.55. The number of guanidine groups is 1. The minimum Gasteiger partial charge on any atom is -0.308 e. The average molecular weight is 426 g/mol. The van der Waals surface area contributed by atoms with Gasteiger partial charge in [0, 0.05) is 13.2 Å². The summed E-state index contributed by atoms with van der Waals surface area (Å²) in [7, 11) is 1.26. The van der Waals surface area contributed by atoms with Crippen molar-refractivity contribution >= 4 is 28.6 Å². The Morgan fingerprint density at radius 3 is 2.57 bits per heavy atom. The molecule has 160 valence electrons. The van der Waals surface area contributed by atoms with Crippen LogP contribution in [0, 0.1) is 5.82 Å². The number of nitrogens with zero attached hydrogens (tertiary/aromatic N) is 5. The number of hydrogen-bond acceptors (Lipinski definition) is 5. The average Bonchev–Trinajstić information content (AvgIpc) is 3.18. The van der Waals surface area contributed by atoms with Crippen LogP contribution < -0.4 is 10.6 Å². The fourth-order valence-corrected chi connectivity index (χ4v) is 2.60. The summed E-state index contributed by atoms with van der Waals surface area (Å²) < 4.78 is 54.6. The third-order valence-electron chi connectivity index (χ3n) is 3.68. The van der Waals surface area contributed by atoms with Gasteiger partial charge in [-0.3, -0.25) is 24.9 Å². The predicted octanol–water partition coefficient (Wildman–Crippen LogP) is 2.85. The molecule has 0 spiro atoms. The van der Waals surface area contributed by atoms with Crippen LogP contribution in [0.3, 0.4) is 0 Å². The number of aromatic amines is 1. The monoisotopic (exact) mass is 426 g/mol. The summed E-state index contributed by atoms with van der Waals surface area (Å²) in [6, 6.07) is 0. The minimum absolute atomic E-state index is 0.0181. The summed E-state index contributed by atoms with van der Waals surface area (Å²) in [4.78, 5) is 20.5. The number of anilines is 1. The highest BCUT2D eigenvalue weighted by atomic mass is 19.4. The van der Waals surface area contributed by atoms with Gasteiger partial charge < -0.3 is 5.32 Å². The van der Waals surface area contributed by atoms with Crippen molar-refractivity contribution in [2.24, 2.45) is 12.0 Å². The molecule has 3 N–H and O–H groups in total. The quantitative estimate of drug-likeness (QED) is 0.331. The smallest absolute Gasteiger partial charge is 0.308 e. The number of carbonyl (C=O) groups excluding carboxylic acids is 1. The molecule has 0 aliphatic carbocycles. The molecule has 0 saturated carbocycles. The van der Waals surface area contributed by atoms with Gasteiger partial charge in [-0.05, 0) is 20.8 Å². The van der Waals surface area contributed by atoms with E-state index in [0.717, 1.165) is 17.1 Å². The van der Waals surface area contributed by atoms with Gasteiger partial charge in [0.25, 0.3) is 5.91 Å². The molecule has 0 radical (unpaired) electrons. The number of aliphatic imine (C=N–C) groups is 1. The second-order valence-corrected chi connectivity index (χ2v) is 7.39. The molecule has 9 nitrogen and oxygen atoms in total. The molecule has 0 bridgehead atoms. The van der Waals surface area contributed by atoms with E-state index in [0.29, 0.717) is 0 Å². The summed E-state index contributed by atoms with van der Waals surface area (Å²) in [6.45, 7) is 5.12. The normalized spacial score (nSPS) is 13.0. The summed E-state index contributed by atoms with van der Waals surface area (Å²) in [5, 5.41) is 14.8. The Morgan fingerprint density at radius 2 is 1.93 bits per heavy atom. The zero-order chi connectivity index (χ0) is 22.3. The highest BCUT2D eigenvalue weighted by molar-refractivity contribution is 6.12. The highest BCUT2D eigenvalue weighted by Crippen LogP contribution is 2.30. The van der Waals surface area contributed by atoms with E-state index >= 15 is 0 Å². The zero-order valence-corrected chi connectivity index (χ0v) is 16.4.